The monoisotopic (exact) mass is 232 g/mol. The van der Waals surface area contributed by atoms with Crippen LogP contribution in [0.3, 0.4) is 0 Å². The first-order valence-corrected chi connectivity index (χ1v) is 6.08. The fourth-order valence-electron chi connectivity index (χ4n) is 2.56. The smallest absolute Gasteiger partial charge is 0.143 e. The molecule has 1 aromatic rings. The molecule has 0 aromatic heterocycles. The third-order valence-electron chi connectivity index (χ3n) is 3.54. The van der Waals surface area contributed by atoms with Gasteiger partial charge in [-0.3, -0.25) is 0 Å². The standard InChI is InChI=1S/C14H17FN2/c1-10-5-6-17(11(2)7-10)13-4-3-12(9-16)14(15)8-13/h3-4,8,10-11H,5-7H2,1-2H3. The zero-order valence-electron chi connectivity index (χ0n) is 10.3. The van der Waals surface area contributed by atoms with E-state index in [1.165, 1.54) is 6.07 Å². The summed E-state index contributed by atoms with van der Waals surface area (Å²) in [5, 5.41) is 8.70. The molecule has 0 bridgehead atoms. The maximum absolute atomic E-state index is 13.6. The summed E-state index contributed by atoms with van der Waals surface area (Å²) in [6, 6.07) is 7.17. The minimum atomic E-state index is -0.421. The number of benzene rings is 1. The molecule has 1 saturated heterocycles. The largest absolute Gasteiger partial charge is 0.369 e. The van der Waals surface area contributed by atoms with Gasteiger partial charge in [0.15, 0.2) is 0 Å². The van der Waals surface area contributed by atoms with E-state index in [0.29, 0.717) is 6.04 Å². The van der Waals surface area contributed by atoms with Gasteiger partial charge >= 0.3 is 0 Å². The molecule has 0 radical (unpaired) electrons. The van der Waals surface area contributed by atoms with Crippen LogP contribution >= 0.6 is 0 Å². The lowest BCUT2D eigenvalue weighted by molar-refractivity contribution is 0.377. The zero-order valence-corrected chi connectivity index (χ0v) is 10.3. The van der Waals surface area contributed by atoms with Crippen LogP contribution in [0.5, 0.6) is 0 Å². The van der Waals surface area contributed by atoms with E-state index in [2.05, 4.69) is 18.7 Å². The summed E-state index contributed by atoms with van der Waals surface area (Å²) < 4.78 is 13.6. The van der Waals surface area contributed by atoms with Crippen molar-refractivity contribution >= 4 is 5.69 Å². The number of piperidine rings is 1. The average Bonchev–Trinajstić information content (AvgIpc) is 2.29. The molecule has 1 fully saturated rings. The van der Waals surface area contributed by atoms with Crippen LogP contribution in [0.1, 0.15) is 32.3 Å². The molecule has 1 aromatic carbocycles. The highest BCUT2D eigenvalue weighted by molar-refractivity contribution is 5.51. The molecule has 2 rings (SSSR count). The summed E-state index contributed by atoms with van der Waals surface area (Å²) in [6.07, 6.45) is 2.29. The van der Waals surface area contributed by atoms with Gasteiger partial charge in [-0.05, 0) is 43.9 Å². The van der Waals surface area contributed by atoms with Crippen molar-refractivity contribution in [3.05, 3.63) is 29.6 Å². The third-order valence-corrected chi connectivity index (χ3v) is 3.54. The van der Waals surface area contributed by atoms with Crippen LogP contribution in [0, 0.1) is 23.1 Å². The minimum Gasteiger partial charge on any atom is -0.369 e. The normalized spacial score (nSPS) is 24.5. The number of rotatable bonds is 1. The van der Waals surface area contributed by atoms with Crippen molar-refractivity contribution in [2.24, 2.45) is 5.92 Å². The van der Waals surface area contributed by atoms with Crippen molar-refractivity contribution in [1.82, 2.24) is 0 Å². The molecular weight excluding hydrogens is 215 g/mol. The van der Waals surface area contributed by atoms with Crippen molar-refractivity contribution in [2.75, 3.05) is 11.4 Å². The van der Waals surface area contributed by atoms with Gasteiger partial charge in [0.1, 0.15) is 11.9 Å². The number of hydrogen-bond acceptors (Lipinski definition) is 2. The number of hydrogen-bond donors (Lipinski definition) is 0. The highest BCUT2D eigenvalue weighted by Crippen LogP contribution is 2.28. The number of nitriles is 1. The lowest BCUT2D eigenvalue weighted by Gasteiger charge is -2.38. The molecular formula is C14H17FN2. The fraction of sp³-hybridized carbons (Fsp3) is 0.500. The number of halogens is 1. The first kappa shape index (κ1) is 11.9. The molecule has 1 aliphatic rings. The Morgan fingerprint density at radius 2 is 2.18 bits per heavy atom. The molecule has 2 nitrogen and oxygen atoms in total. The van der Waals surface area contributed by atoms with Crippen molar-refractivity contribution in [3.8, 4) is 6.07 Å². The molecule has 0 N–H and O–H groups in total. The van der Waals surface area contributed by atoms with Crippen LogP contribution in [-0.2, 0) is 0 Å². The molecule has 1 aliphatic heterocycles. The van der Waals surface area contributed by atoms with E-state index < -0.39 is 5.82 Å². The highest BCUT2D eigenvalue weighted by atomic mass is 19.1. The molecule has 0 amide bonds. The minimum absolute atomic E-state index is 0.117. The lowest BCUT2D eigenvalue weighted by Crippen LogP contribution is -2.40. The molecule has 0 saturated carbocycles. The van der Waals surface area contributed by atoms with Gasteiger partial charge in [-0.1, -0.05) is 6.92 Å². The maximum atomic E-state index is 13.6. The maximum Gasteiger partial charge on any atom is 0.143 e. The van der Waals surface area contributed by atoms with Gasteiger partial charge in [-0.2, -0.15) is 5.26 Å². The fourth-order valence-corrected chi connectivity index (χ4v) is 2.56. The van der Waals surface area contributed by atoms with Crippen LogP contribution in [0.2, 0.25) is 0 Å². The van der Waals surface area contributed by atoms with E-state index >= 15 is 0 Å². The Labute approximate surface area is 102 Å². The summed E-state index contributed by atoms with van der Waals surface area (Å²) in [5.41, 5.74) is 1.01. The van der Waals surface area contributed by atoms with Gasteiger partial charge in [-0.25, -0.2) is 4.39 Å². The van der Waals surface area contributed by atoms with E-state index in [0.717, 1.165) is 31.0 Å². The molecule has 2 atom stereocenters. The first-order valence-electron chi connectivity index (χ1n) is 6.08. The van der Waals surface area contributed by atoms with E-state index in [9.17, 15) is 4.39 Å². The Balaban J connectivity index is 2.23. The van der Waals surface area contributed by atoms with Gasteiger partial charge in [0, 0.05) is 18.3 Å². The van der Waals surface area contributed by atoms with Crippen molar-refractivity contribution in [2.45, 2.75) is 32.7 Å². The lowest BCUT2D eigenvalue weighted by atomic mass is 9.93. The van der Waals surface area contributed by atoms with Crippen molar-refractivity contribution in [3.63, 3.8) is 0 Å². The second kappa shape index (κ2) is 4.75. The SMILES string of the molecule is CC1CCN(c2ccc(C#N)c(F)c2)C(C)C1. The molecule has 90 valence electrons. The average molecular weight is 232 g/mol. The molecule has 1 heterocycles. The predicted octanol–water partition coefficient (Wildman–Crippen LogP) is 3.32. The number of anilines is 1. The van der Waals surface area contributed by atoms with Crippen LogP contribution in [-0.4, -0.2) is 12.6 Å². The van der Waals surface area contributed by atoms with Gasteiger partial charge in [-0.15, -0.1) is 0 Å². The zero-order chi connectivity index (χ0) is 12.4. The summed E-state index contributed by atoms with van der Waals surface area (Å²) in [4.78, 5) is 2.23. The van der Waals surface area contributed by atoms with E-state index in [1.807, 2.05) is 12.1 Å². The van der Waals surface area contributed by atoms with Gasteiger partial charge in [0.2, 0.25) is 0 Å². The Kier molecular flexibility index (Phi) is 3.33. The second-order valence-electron chi connectivity index (χ2n) is 4.95. The highest BCUT2D eigenvalue weighted by Gasteiger charge is 2.23. The van der Waals surface area contributed by atoms with E-state index in [-0.39, 0.29) is 5.56 Å². The summed E-state index contributed by atoms with van der Waals surface area (Å²) in [6.45, 7) is 5.40. The first-order chi connectivity index (χ1) is 8.11. The van der Waals surface area contributed by atoms with Crippen LogP contribution < -0.4 is 4.90 Å². The van der Waals surface area contributed by atoms with Crippen molar-refractivity contribution < 1.29 is 4.39 Å². The quantitative estimate of drug-likeness (QED) is 0.742. The van der Waals surface area contributed by atoms with Crippen LogP contribution in [0.25, 0.3) is 0 Å². The van der Waals surface area contributed by atoms with Gasteiger partial charge < -0.3 is 4.90 Å². The van der Waals surface area contributed by atoms with E-state index in [4.69, 9.17) is 5.26 Å². The summed E-state index contributed by atoms with van der Waals surface area (Å²) >= 11 is 0. The van der Waals surface area contributed by atoms with Crippen LogP contribution in [0.15, 0.2) is 18.2 Å². The Morgan fingerprint density at radius 1 is 1.41 bits per heavy atom. The van der Waals surface area contributed by atoms with Gasteiger partial charge in [0.25, 0.3) is 0 Å². The topological polar surface area (TPSA) is 27.0 Å². The Hall–Kier alpha value is -1.56. The predicted molar refractivity (Wildman–Crippen MR) is 66.3 cm³/mol. The summed E-state index contributed by atoms with van der Waals surface area (Å²) in [5.74, 6) is 0.320. The van der Waals surface area contributed by atoms with Crippen LogP contribution in [0.4, 0.5) is 10.1 Å². The molecule has 2 unspecified atom stereocenters. The molecule has 0 aliphatic carbocycles. The summed E-state index contributed by atoms with van der Waals surface area (Å²) in [7, 11) is 0. The number of nitrogens with zero attached hydrogens (tertiary/aromatic N) is 2. The van der Waals surface area contributed by atoms with Crippen molar-refractivity contribution in [1.29, 1.82) is 5.26 Å². The second-order valence-corrected chi connectivity index (χ2v) is 4.95. The van der Waals surface area contributed by atoms with Gasteiger partial charge in [0.05, 0.1) is 5.56 Å². The molecule has 0 spiro atoms. The van der Waals surface area contributed by atoms with E-state index in [1.54, 1.807) is 6.07 Å². The molecule has 17 heavy (non-hydrogen) atoms. The molecule has 3 heteroatoms. The Bertz CT molecular complexity index is 450. The third kappa shape index (κ3) is 2.41. The Morgan fingerprint density at radius 3 is 2.76 bits per heavy atom.